The average Bonchev–Trinajstić information content (AvgIpc) is 3.20. The van der Waals surface area contributed by atoms with Crippen LogP contribution in [0.5, 0.6) is 0 Å². The minimum absolute atomic E-state index is 0.0644. The highest BCUT2D eigenvalue weighted by Crippen LogP contribution is 2.22. The van der Waals surface area contributed by atoms with Crippen molar-refractivity contribution in [2.75, 3.05) is 19.8 Å². The summed E-state index contributed by atoms with van der Waals surface area (Å²) in [6, 6.07) is 7.65. The Labute approximate surface area is 157 Å². The van der Waals surface area contributed by atoms with Crippen molar-refractivity contribution in [3.63, 3.8) is 0 Å². The minimum Gasteiger partial charge on any atom is -0.465 e. The largest absolute Gasteiger partial charge is 0.465 e. The molecule has 0 radical (unpaired) electrons. The third-order valence-electron chi connectivity index (χ3n) is 4.20. The summed E-state index contributed by atoms with van der Waals surface area (Å²) in [5, 5.41) is 4.95. The minimum atomic E-state index is -0.894. The number of esters is 1. The van der Waals surface area contributed by atoms with E-state index < -0.39 is 5.79 Å². The normalized spacial score (nSPS) is 16.1. The second kappa shape index (κ2) is 8.32. The summed E-state index contributed by atoms with van der Waals surface area (Å²) in [4.78, 5) is 23.8. The van der Waals surface area contributed by atoms with Gasteiger partial charge in [0.2, 0.25) is 5.91 Å². The number of fused-ring (bicyclic) bond motifs is 1. The maximum Gasteiger partial charge on any atom is 0.325 e. The first-order chi connectivity index (χ1) is 13.0. The van der Waals surface area contributed by atoms with Crippen molar-refractivity contribution in [2.24, 2.45) is 5.10 Å². The lowest BCUT2D eigenvalue weighted by atomic mass is 10.2. The quantitative estimate of drug-likeness (QED) is 0.454. The number of nitrogens with one attached hydrogen (secondary N) is 1. The van der Waals surface area contributed by atoms with Gasteiger partial charge in [0.05, 0.1) is 32.5 Å². The molecule has 1 N–H and O–H groups in total. The van der Waals surface area contributed by atoms with Gasteiger partial charge in [-0.25, -0.2) is 5.43 Å². The number of nitrogens with zero attached hydrogens (tertiary/aromatic N) is 2. The zero-order valence-electron chi connectivity index (χ0n) is 15.4. The lowest BCUT2D eigenvalue weighted by molar-refractivity contribution is -0.159. The molecular formula is C19H23N3O5. The molecule has 8 nitrogen and oxygen atoms in total. The van der Waals surface area contributed by atoms with Crippen molar-refractivity contribution in [1.29, 1.82) is 0 Å². The molecule has 2 heterocycles. The van der Waals surface area contributed by atoms with E-state index in [0.717, 1.165) is 16.5 Å². The number of aromatic nitrogens is 1. The van der Waals surface area contributed by atoms with E-state index in [1.165, 1.54) is 0 Å². The number of benzene rings is 1. The van der Waals surface area contributed by atoms with Gasteiger partial charge in [0.15, 0.2) is 5.79 Å². The maximum atomic E-state index is 12.0. The Hall–Kier alpha value is -2.71. The second-order valence-electron chi connectivity index (χ2n) is 6.34. The van der Waals surface area contributed by atoms with Gasteiger partial charge in [-0.05, 0) is 19.9 Å². The van der Waals surface area contributed by atoms with Gasteiger partial charge in [-0.1, -0.05) is 18.2 Å². The van der Waals surface area contributed by atoms with Crippen LogP contribution in [0.3, 0.4) is 0 Å². The van der Waals surface area contributed by atoms with E-state index in [0.29, 0.717) is 19.8 Å². The maximum absolute atomic E-state index is 12.0. The molecule has 0 spiro atoms. The lowest BCUT2D eigenvalue weighted by Crippen LogP contribution is -2.33. The molecule has 0 unspecified atom stereocenters. The standard InChI is InChI=1S/C19H23N3O5/c1-3-25-18(24)13-22-12-14(15-6-4-5-7-16(15)22)11-20-21-17(23)10-19(2)26-8-9-27-19/h4-7,11-12H,3,8-10,13H2,1-2H3,(H,21,23)/b20-11+. The lowest BCUT2D eigenvalue weighted by Gasteiger charge is -2.20. The number of para-hydroxylation sites is 1. The molecule has 27 heavy (non-hydrogen) atoms. The Bertz CT molecular complexity index is 852. The average molecular weight is 373 g/mol. The van der Waals surface area contributed by atoms with Crippen molar-refractivity contribution in [3.05, 3.63) is 36.0 Å². The molecule has 1 fully saturated rings. The third kappa shape index (κ3) is 4.72. The van der Waals surface area contributed by atoms with Crippen LogP contribution in [0.4, 0.5) is 0 Å². The number of hydrogen-bond donors (Lipinski definition) is 1. The predicted molar refractivity (Wildman–Crippen MR) is 99.2 cm³/mol. The van der Waals surface area contributed by atoms with E-state index in [-0.39, 0.29) is 24.8 Å². The van der Waals surface area contributed by atoms with Crippen LogP contribution in [0.1, 0.15) is 25.8 Å². The molecule has 0 aliphatic carbocycles. The van der Waals surface area contributed by atoms with E-state index >= 15 is 0 Å². The summed E-state index contributed by atoms with van der Waals surface area (Å²) < 4.78 is 17.6. The van der Waals surface area contributed by atoms with Crippen molar-refractivity contribution < 1.29 is 23.8 Å². The molecule has 8 heteroatoms. The Balaban J connectivity index is 1.69. The SMILES string of the molecule is CCOC(=O)Cn1cc(/C=N/NC(=O)CC2(C)OCCO2)c2ccccc21. The molecule has 1 aliphatic rings. The molecule has 1 aromatic heterocycles. The van der Waals surface area contributed by atoms with Crippen LogP contribution in [0.2, 0.25) is 0 Å². The summed E-state index contributed by atoms with van der Waals surface area (Å²) in [6.07, 6.45) is 3.43. The summed E-state index contributed by atoms with van der Waals surface area (Å²) in [5.41, 5.74) is 4.16. The van der Waals surface area contributed by atoms with E-state index in [1.54, 1.807) is 24.6 Å². The highest BCUT2D eigenvalue weighted by molar-refractivity contribution is 6.00. The van der Waals surface area contributed by atoms with Gasteiger partial charge in [0.25, 0.3) is 0 Å². The number of hydrazone groups is 1. The van der Waals surface area contributed by atoms with Crippen LogP contribution < -0.4 is 5.43 Å². The molecule has 2 aromatic rings. The molecule has 1 aromatic carbocycles. The van der Waals surface area contributed by atoms with E-state index in [2.05, 4.69) is 10.5 Å². The van der Waals surface area contributed by atoms with Crippen molar-refractivity contribution >= 4 is 29.0 Å². The highest BCUT2D eigenvalue weighted by atomic mass is 16.7. The number of ether oxygens (including phenoxy) is 3. The summed E-state index contributed by atoms with van der Waals surface area (Å²) in [6.45, 7) is 4.91. The monoisotopic (exact) mass is 373 g/mol. The van der Waals surface area contributed by atoms with E-state index in [9.17, 15) is 9.59 Å². The summed E-state index contributed by atoms with van der Waals surface area (Å²) >= 11 is 0. The van der Waals surface area contributed by atoms with Crippen molar-refractivity contribution in [1.82, 2.24) is 9.99 Å². The molecule has 0 bridgehead atoms. The number of carbonyl (C=O) groups excluding carboxylic acids is 2. The molecule has 1 saturated heterocycles. The molecule has 3 rings (SSSR count). The first-order valence-electron chi connectivity index (χ1n) is 8.84. The van der Waals surface area contributed by atoms with Crippen LogP contribution >= 0.6 is 0 Å². The van der Waals surface area contributed by atoms with Crippen LogP contribution in [0, 0.1) is 0 Å². The smallest absolute Gasteiger partial charge is 0.325 e. The van der Waals surface area contributed by atoms with Gasteiger partial charge in [-0.15, -0.1) is 0 Å². The van der Waals surface area contributed by atoms with Crippen LogP contribution in [-0.4, -0.2) is 48.3 Å². The van der Waals surface area contributed by atoms with Gasteiger partial charge in [-0.3, -0.25) is 9.59 Å². The molecule has 0 saturated carbocycles. The molecule has 1 amide bonds. The number of rotatable bonds is 7. The topological polar surface area (TPSA) is 91.2 Å². The molecular weight excluding hydrogens is 350 g/mol. The fourth-order valence-corrected chi connectivity index (χ4v) is 3.02. The van der Waals surface area contributed by atoms with Crippen molar-refractivity contribution in [2.45, 2.75) is 32.6 Å². The Kier molecular flexibility index (Phi) is 5.88. The predicted octanol–water partition coefficient (Wildman–Crippen LogP) is 1.81. The zero-order valence-corrected chi connectivity index (χ0v) is 15.4. The highest BCUT2D eigenvalue weighted by Gasteiger charge is 2.33. The van der Waals surface area contributed by atoms with Gasteiger partial charge in [0, 0.05) is 22.7 Å². The first-order valence-corrected chi connectivity index (χ1v) is 8.84. The summed E-state index contributed by atoms with van der Waals surface area (Å²) in [7, 11) is 0. The second-order valence-corrected chi connectivity index (χ2v) is 6.34. The first kappa shape index (κ1) is 19.1. The third-order valence-corrected chi connectivity index (χ3v) is 4.20. The van der Waals surface area contributed by atoms with Gasteiger partial charge in [-0.2, -0.15) is 5.10 Å². The fourth-order valence-electron chi connectivity index (χ4n) is 3.02. The van der Waals surface area contributed by atoms with Gasteiger partial charge < -0.3 is 18.8 Å². The number of amides is 1. The van der Waals surface area contributed by atoms with Crippen LogP contribution in [0.25, 0.3) is 10.9 Å². The fraction of sp³-hybridized carbons (Fsp3) is 0.421. The van der Waals surface area contributed by atoms with Crippen LogP contribution in [-0.2, 0) is 30.3 Å². The van der Waals surface area contributed by atoms with Gasteiger partial charge >= 0.3 is 5.97 Å². The van der Waals surface area contributed by atoms with E-state index in [4.69, 9.17) is 14.2 Å². The van der Waals surface area contributed by atoms with Gasteiger partial charge in [0.1, 0.15) is 6.54 Å². The van der Waals surface area contributed by atoms with Crippen molar-refractivity contribution in [3.8, 4) is 0 Å². The summed E-state index contributed by atoms with van der Waals surface area (Å²) in [5.74, 6) is -1.50. The zero-order chi connectivity index (χ0) is 19.3. The Morgan fingerprint density at radius 1 is 1.33 bits per heavy atom. The Morgan fingerprint density at radius 2 is 2.07 bits per heavy atom. The molecule has 144 valence electrons. The number of carbonyl (C=O) groups is 2. The van der Waals surface area contributed by atoms with Crippen LogP contribution in [0.15, 0.2) is 35.6 Å². The van der Waals surface area contributed by atoms with E-state index in [1.807, 2.05) is 30.5 Å². The Morgan fingerprint density at radius 3 is 2.81 bits per heavy atom. The molecule has 0 atom stereocenters. The number of hydrogen-bond acceptors (Lipinski definition) is 6. The molecule has 1 aliphatic heterocycles.